The molecule has 82 valence electrons. The Labute approximate surface area is 89.3 Å². The van der Waals surface area contributed by atoms with E-state index in [1.54, 1.807) is 30.3 Å². The lowest BCUT2D eigenvalue weighted by molar-refractivity contribution is 0.0755. The molecule has 0 aliphatic carbocycles. The van der Waals surface area contributed by atoms with Gasteiger partial charge in [-0.05, 0) is 26.0 Å². The van der Waals surface area contributed by atoms with E-state index >= 15 is 0 Å². The quantitative estimate of drug-likeness (QED) is 0.570. The Balaban J connectivity index is 3.00. The molecule has 1 amide bonds. The van der Waals surface area contributed by atoms with E-state index in [0.717, 1.165) is 0 Å². The minimum absolute atomic E-state index is 0.0916. The van der Waals surface area contributed by atoms with Crippen LogP contribution in [0.3, 0.4) is 0 Å². The molecule has 1 rings (SSSR count). The van der Waals surface area contributed by atoms with Crippen LogP contribution in [0.2, 0.25) is 0 Å². The average Bonchev–Trinajstić information content (AvgIpc) is 2.26. The van der Waals surface area contributed by atoms with Gasteiger partial charge in [0.25, 0.3) is 5.91 Å². The molecule has 0 radical (unpaired) electrons. The van der Waals surface area contributed by atoms with E-state index in [4.69, 9.17) is 5.84 Å². The van der Waals surface area contributed by atoms with Gasteiger partial charge in [-0.1, -0.05) is 0 Å². The molecule has 0 saturated carbocycles. The maximum absolute atomic E-state index is 12.0. The zero-order chi connectivity index (χ0) is 11.4. The summed E-state index contributed by atoms with van der Waals surface area (Å²) in [6, 6.07) is 3.55. The van der Waals surface area contributed by atoms with Crippen molar-refractivity contribution in [2.45, 2.75) is 19.9 Å². The van der Waals surface area contributed by atoms with Gasteiger partial charge >= 0.3 is 0 Å². The van der Waals surface area contributed by atoms with Crippen LogP contribution in [0.5, 0.6) is 0 Å². The van der Waals surface area contributed by atoms with Crippen LogP contribution in [0.15, 0.2) is 18.3 Å². The molecule has 5 nitrogen and oxygen atoms in total. The summed E-state index contributed by atoms with van der Waals surface area (Å²) in [4.78, 5) is 17.6. The molecule has 0 aliphatic rings. The second-order valence-electron chi connectivity index (χ2n) is 3.55. The molecule has 0 fully saturated rings. The zero-order valence-electron chi connectivity index (χ0n) is 9.19. The molecule has 5 heteroatoms. The first-order valence-electron chi connectivity index (χ1n) is 4.76. The van der Waals surface area contributed by atoms with Crippen LogP contribution >= 0.6 is 0 Å². The van der Waals surface area contributed by atoms with Crippen LogP contribution < -0.4 is 11.3 Å². The zero-order valence-corrected chi connectivity index (χ0v) is 9.19. The summed E-state index contributed by atoms with van der Waals surface area (Å²) in [6.45, 7) is 3.90. The highest BCUT2D eigenvalue weighted by Gasteiger charge is 2.17. The highest BCUT2D eigenvalue weighted by Crippen LogP contribution is 2.13. The third-order valence-electron chi connectivity index (χ3n) is 2.27. The first-order valence-corrected chi connectivity index (χ1v) is 4.76. The molecular formula is C10H16N4O. The van der Waals surface area contributed by atoms with Crippen LogP contribution in [-0.2, 0) is 0 Å². The normalized spacial score (nSPS) is 10.2. The molecule has 0 atom stereocenters. The fourth-order valence-electron chi connectivity index (χ4n) is 1.12. The summed E-state index contributed by atoms with van der Waals surface area (Å²) in [6.07, 6.45) is 1.58. The second kappa shape index (κ2) is 4.75. The van der Waals surface area contributed by atoms with Crippen LogP contribution in [-0.4, -0.2) is 28.9 Å². The molecule has 3 N–H and O–H groups in total. The van der Waals surface area contributed by atoms with Crippen molar-refractivity contribution < 1.29 is 4.79 Å². The van der Waals surface area contributed by atoms with Gasteiger partial charge in [0.2, 0.25) is 0 Å². The van der Waals surface area contributed by atoms with Crippen LogP contribution in [0, 0.1) is 0 Å². The summed E-state index contributed by atoms with van der Waals surface area (Å²) >= 11 is 0. The smallest absolute Gasteiger partial charge is 0.257 e. The van der Waals surface area contributed by atoms with Crippen molar-refractivity contribution >= 4 is 11.7 Å². The summed E-state index contributed by atoms with van der Waals surface area (Å²) in [5.41, 5.74) is 2.89. The van der Waals surface area contributed by atoms with E-state index in [2.05, 4.69) is 10.4 Å². The van der Waals surface area contributed by atoms with Gasteiger partial charge in [0.05, 0.1) is 5.56 Å². The third-order valence-corrected chi connectivity index (χ3v) is 2.27. The Morgan fingerprint density at radius 2 is 2.27 bits per heavy atom. The predicted molar refractivity (Wildman–Crippen MR) is 59.3 cm³/mol. The Bertz CT molecular complexity index is 351. The largest absolute Gasteiger partial charge is 0.339 e. The number of carbonyl (C=O) groups excluding carboxylic acids is 1. The molecule has 0 saturated heterocycles. The monoisotopic (exact) mass is 208 g/mol. The van der Waals surface area contributed by atoms with Gasteiger partial charge in [0, 0.05) is 19.3 Å². The maximum atomic E-state index is 12.0. The molecule has 1 heterocycles. The Hall–Kier alpha value is -1.62. The molecule has 15 heavy (non-hydrogen) atoms. The number of nitrogen functional groups attached to an aromatic ring is 1. The van der Waals surface area contributed by atoms with Crippen molar-refractivity contribution in [2.75, 3.05) is 12.5 Å². The molecular weight excluding hydrogens is 192 g/mol. The van der Waals surface area contributed by atoms with E-state index in [-0.39, 0.29) is 11.9 Å². The molecule has 0 unspecified atom stereocenters. The number of pyridine rings is 1. The summed E-state index contributed by atoms with van der Waals surface area (Å²) in [5, 5.41) is 0. The number of rotatable bonds is 3. The highest BCUT2D eigenvalue weighted by molar-refractivity contribution is 5.98. The van der Waals surface area contributed by atoms with Gasteiger partial charge in [-0.2, -0.15) is 0 Å². The topological polar surface area (TPSA) is 71.2 Å². The number of hydrogen-bond donors (Lipinski definition) is 2. The van der Waals surface area contributed by atoms with E-state index in [9.17, 15) is 4.79 Å². The van der Waals surface area contributed by atoms with Crippen molar-refractivity contribution in [2.24, 2.45) is 5.84 Å². The van der Waals surface area contributed by atoms with Gasteiger partial charge in [-0.3, -0.25) is 4.79 Å². The number of hydrazine groups is 1. The van der Waals surface area contributed by atoms with E-state index in [1.165, 1.54) is 0 Å². The minimum atomic E-state index is -0.0916. The first kappa shape index (κ1) is 11.5. The fourth-order valence-corrected chi connectivity index (χ4v) is 1.12. The van der Waals surface area contributed by atoms with Crippen LogP contribution in [0.1, 0.15) is 24.2 Å². The number of anilines is 1. The van der Waals surface area contributed by atoms with E-state index in [1.807, 2.05) is 13.8 Å². The number of hydrogen-bond acceptors (Lipinski definition) is 4. The van der Waals surface area contributed by atoms with Crippen LogP contribution in [0.4, 0.5) is 5.82 Å². The standard InChI is InChI=1S/C10H16N4O/c1-7(2)14(3)10(15)8-5-4-6-12-9(8)13-11/h4-7H,11H2,1-3H3,(H,12,13). The van der Waals surface area contributed by atoms with E-state index in [0.29, 0.717) is 11.4 Å². The predicted octanol–water partition coefficient (Wildman–Crippen LogP) is 0.848. The maximum Gasteiger partial charge on any atom is 0.257 e. The first-order chi connectivity index (χ1) is 7.07. The number of nitrogens with one attached hydrogen (secondary N) is 1. The summed E-state index contributed by atoms with van der Waals surface area (Å²) in [5.74, 6) is 5.59. The van der Waals surface area contributed by atoms with Gasteiger partial charge < -0.3 is 10.3 Å². The molecule has 0 spiro atoms. The number of aromatic nitrogens is 1. The van der Waals surface area contributed by atoms with Crippen LogP contribution in [0.25, 0.3) is 0 Å². The van der Waals surface area contributed by atoms with Gasteiger partial charge in [-0.25, -0.2) is 10.8 Å². The van der Waals surface area contributed by atoms with Gasteiger partial charge in [0.1, 0.15) is 0 Å². The van der Waals surface area contributed by atoms with Crippen molar-refractivity contribution in [3.8, 4) is 0 Å². The highest BCUT2D eigenvalue weighted by atomic mass is 16.2. The molecule has 1 aromatic rings. The Kier molecular flexibility index (Phi) is 3.62. The average molecular weight is 208 g/mol. The number of carbonyl (C=O) groups is 1. The summed E-state index contributed by atoms with van der Waals surface area (Å²) < 4.78 is 0. The summed E-state index contributed by atoms with van der Waals surface area (Å²) in [7, 11) is 1.75. The lowest BCUT2D eigenvalue weighted by Gasteiger charge is -2.22. The lowest BCUT2D eigenvalue weighted by Crippen LogP contribution is -2.33. The second-order valence-corrected chi connectivity index (χ2v) is 3.55. The number of nitrogens with zero attached hydrogens (tertiary/aromatic N) is 2. The van der Waals surface area contributed by atoms with E-state index < -0.39 is 0 Å². The molecule has 0 aliphatic heterocycles. The molecule has 0 bridgehead atoms. The Morgan fingerprint density at radius 1 is 1.60 bits per heavy atom. The molecule has 0 aromatic carbocycles. The number of nitrogens with two attached hydrogens (primary N) is 1. The SMILES string of the molecule is CC(C)N(C)C(=O)c1cccnc1NN. The lowest BCUT2D eigenvalue weighted by atomic mass is 10.2. The van der Waals surface area contributed by atoms with Crippen molar-refractivity contribution in [1.82, 2.24) is 9.88 Å². The van der Waals surface area contributed by atoms with Crippen molar-refractivity contribution in [3.05, 3.63) is 23.9 Å². The Morgan fingerprint density at radius 3 is 2.80 bits per heavy atom. The van der Waals surface area contributed by atoms with Gasteiger partial charge in [0.15, 0.2) is 5.82 Å². The minimum Gasteiger partial charge on any atom is -0.339 e. The fraction of sp³-hybridized carbons (Fsp3) is 0.400. The van der Waals surface area contributed by atoms with Crippen molar-refractivity contribution in [3.63, 3.8) is 0 Å². The van der Waals surface area contributed by atoms with Crippen molar-refractivity contribution in [1.29, 1.82) is 0 Å². The molecule has 1 aromatic heterocycles. The number of amides is 1. The third kappa shape index (κ3) is 2.44. The van der Waals surface area contributed by atoms with Gasteiger partial charge in [-0.15, -0.1) is 0 Å².